The van der Waals surface area contributed by atoms with Crippen LogP contribution in [-0.4, -0.2) is 70.0 Å². The van der Waals surface area contributed by atoms with E-state index in [9.17, 15) is 19.0 Å². The van der Waals surface area contributed by atoms with Crippen molar-refractivity contribution in [1.29, 1.82) is 0 Å². The zero-order valence-electron chi connectivity index (χ0n) is 32.9. The molecule has 0 spiro atoms. The maximum absolute atomic E-state index is 12.8. The van der Waals surface area contributed by atoms with Gasteiger partial charge in [-0.3, -0.25) is 14.2 Å². The average Bonchev–Trinajstić information content (AvgIpc) is 3.18. The van der Waals surface area contributed by atoms with Gasteiger partial charge in [-0.1, -0.05) is 133 Å². The van der Waals surface area contributed by atoms with Gasteiger partial charge in [-0.15, -0.1) is 0 Å². The summed E-state index contributed by atoms with van der Waals surface area (Å²) >= 11 is 0. The molecule has 4 rings (SSSR count). The van der Waals surface area contributed by atoms with E-state index in [2.05, 4.69) is 97.1 Å². The predicted molar refractivity (Wildman–Crippen MR) is 222 cm³/mol. The van der Waals surface area contributed by atoms with Gasteiger partial charge < -0.3 is 27.9 Å². The van der Waals surface area contributed by atoms with Crippen LogP contribution in [0, 0.1) is 0 Å². The van der Waals surface area contributed by atoms with Crippen molar-refractivity contribution in [2.24, 2.45) is 0 Å². The Kier molecular flexibility index (Phi) is 18.5. The summed E-state index contributed by atoms with van der Waals surface area (Å²) in [5, 5.41) is 0. The van der Waals surface area contributed by atoms with Crippen LogP contribution in [0.3, 0.4) is 0 Å². The summed E-state index contributed by atoms with van der Waals surface area (Å²) in [6.45, 7) is -0.469. The molecule has 0 aromatic heterocycles. The second kappa shape index (κ2) is 23.4. The second-order valence-electron chi connectivity index (χ2n) is 14.8. The first-order chi connectivity index (χ1) is 26.9. The summed E-state index contributed by atoms with van der Waals surface area (Å²) in [6.07, 6.45) is 11.8. The third kappa shape index (κ3) is 18.8. The summed E-state index contributed by atoms with van der Waals surface area (Å²) in [4.78, 5) is 37.9. The number of likely N-dealkylation sites (N-methyl/N-ethyl adjacent to an activating group) is 1. The van der Waals surface area contributed by atoms with Gasteiger partial charge in [0.05, 0.1) is 27.7 Å². The fourth-order valence-corrected chi connectivity index (χ4v) is 6.29. The largest absolute Gasteiger partial charge is 0.756 e. The number of quaternary nitrogens is 1. The van der Waals surface area contributed by atoms with Gasteiger partial charge in [0.2, 0.25) is 0 Å². The number of aryl methyl sites for hydroxylation is 2. The monoisotopic (exact) mass is 781 g/mol. The van der Waals surface area contributed by atoms with Gasteiger partial charge in [0, 0.05) is 12.8 Å². The number of carbonyl (C=O) groups is 2. The normalized spacial score (nSPS) is 13.4. The third-order valence-electron chi connectivity index (χ3n) is 8.85. The van der Waals surface area contributed by atoms with Crippen LogP contribution in [0.5, 0.6) is 0 Å². The van der Waals surface area contributed by atoms with Crippen LogP contribution < -0.4 is 4.89 Å². The van der Waals surface area contributed by atoms with Gasteiger partial charge in [0.15, 0.2) is 6.10 Å². The van der Waals surface area contributed by atoms with E-state index < -0.39 is 32.5 Å². The molecular weight excluding hydrogens is 725 g/mol. The van der Waals surface area contributed by atoms with Crippen molar-refractivity contribution in [3.05, 3.63) is 143 Å². The number of carbonyl (C=O) groups excluding carboxylic acids is 2. The quantitative estimate of drug-likeness (QED) is 0.0228. The molecule has 0 saturated carbocycles. The Balaban J connectivity index is 1.18. The van der Waals surface area contributed by atoms with Crippen LogP contribution in [0.1, 0.15) is 71.9 Å². The van der Waals surface area contributed by atoms with E-state index in [-0.39, 0.29) is 26.1 Å². The number of ether oxygens (including phenoxy) is 2. The molecule has 0 fully saturated rings. The number of benzene rings is 4. The first-order valence-electron chi connectivity index (χ1n) is 19.3. The average molecular weight is 782 g/mol. The molecule has 0 bridgehead atoms. The molecule has 0 radical (unpaired) electrons. The Morgan fingerprint density at radius 2 is 1.05 bits per heavy atom. The molecule has 0 heterocycles. The topological polar surface area (TPSA) is 111 Å². The highest BCUT2D eigenvalue weighted by Gasteiger charge is 2.21. The lowest BCUT2D eigenvalue weighted by Crippen LogP contribution is -2.37. The Labute approximate surface area is 332 Å². The van der Waals surface area contributed by atoms with Crippen molar-refractivity contribution in [2.75, 3.05) is 47.5 Å². The van der Waals surface area contributed by atoms with Crippen molar-refractivity contribution in [3.8, 4) is 0 Å². The summed E-state index contributed by atoms with van der Waals surface area (Å²) < 4.78 is 34.0. The molecular formula is C46H56NO8P. The van der Waals surface area contributed by atoms with Crippen LogP contribution in [0.4, 0.5) is 0 Å². The molecule has 0 N–H and O–H groups in total. The lowest BCUT2D eigenvalue weighted by molar-refractivity contribution is -0.870. The number of hydrogen-bond donors (Lipinski definition) is 0. The number of phosphoric ester groups is 1. The molecule has 298 valence electrons. The smallest absolute Gasteiger partial charge is 0.306 e. The number of phosphoric acid groups is 1. The molecule has 0 aliphatic carbocycles. The minimum Gasteiger partial charge on any atom is -0.756 e. The molecule has 10 heteroatoms. The number of rotatable bonds is 24. The number of unbranched alkanes of at least 4 members (excludes halogenated alkanes) is 2. The minimum absolute atomic E-state index is 0.0632. The van der Waals surface area contributed by atoms with Crippen molar-refractivity contribution in [2.45, 2.75) is 57.5 Å². The summed E-state index contributed by atoms with van der Waals surface area (Å²) in [5.41, 5.74) is 6.83. The van der Waals surface area contributed by atoms with Gasteiger partial charge >= 0.3 is 11.9 Å². The van der Waals surface area contributed by atoms with Crippen molar-refractivity contribution >= 4 is 44.1 Å². The van der Waals surface area contributed by atoms with Crippen LogP contribution >= 0.6 is 7.82 Å². The highest BCUT2D eigenvalue weighted by molar-refractivity contribution is 7.45. The van der Waals surface area contributed by atoms with Crippen LogP contribution in [-0.2, 0) is 45.5 Å². The Bertz CT molecular complexity index is 1850. The van der Waals surface area contributed by atoms with Gasteiger partial charge in [0.1, 0.15) is 19.8 Å². The van der Waals surface area contributed by atoms with E-state index in [4.69, 9.17) is 18.5 Å². The molecule has 0 amide bonds. The Morgan fingerprint density at radius 3 is 1.52 bits per heavy atom. The van der Waals surface area contributed by atoms with E-state index in [0.29, 0.717) is 23.9 Å². The molecule has 9 nitrogen and oxygen atoms in total. The summed E-state index contributed by atoms with van der Waals surface area (Å²) in [7, 11) is 1.05. The van der Waals surface area contributed by atoms with Gasteiger partial charge in [-0.25, -0.2) is 0 Å². The highest BCUT2D eigenvalue weighted by Crippen LogP contribution is 2.38. The molecule has 4 aromatic carbocycles. The van der Waals surface area contributed by atoms with Gasteiger partial charge in [-0.2, -0.15) is 0 Å². The molecule has 4 aromatic rings. The fraction of sp³-hybridized carbons (Fsp3) is 0.348. The van der Waals surface area contributed by atoms with E-state index >= 15 is 0 Å². The van der Waals surface area contributed by atoms with Crippen LogP contribution in [0.2, 0.25) is 0 Å². The first-order valence-corrected chi connectivity index (χ1v) is 20.8. The number of esters is 2. The second-order valence-corrected chi connectivity index (χ2v) is 16.2. The molecule has 0 saturated heterocycles. The first kappa shape index (κ1) is 44.1. The van der Waals surface area contributed by atoms with Gasteiger partial charge in [0.25, 0.3) is 7.82 Å². The zero-order chi connectivity index (χ0) is 40.1. The molecule has 0 aliphatic heterocycles. The Hall–Kier alpha value is -4.63. The molecule has 0 aliphatic rings. The molecule has 56 heavy (non-hydrogen) atoms. The zero-order valence-corrected chi connectivity index (χ0v) is 33.8. The summed E-state index contributed by atoms with van der Waals surface area (Å²) in [6, 6.07) is 36.9. The number of nitrogens with zero attached hydrogens (tertiary/aromatic N) is 1. The van der Waals surface area contributed by atoms with E-state index in [0.717, 1.165) is 53.5 Å². The highest BCUT2D eigenvalue weighted by atomic mass is 31.2. The van der Waals surface area contributed by atoms with Crippen molar-refractivity contribution in [1.82, 2.24) is 0 Å². The van der Waals surface area contributed by atoms with Gasteiger partial charge in [-0.05, 0) is 71.9 Å². The maximum Gasteiger partial charge on any atom is 0.306 e. The van der Waals surface area contributed by atoms with E-state index in [1.165, 1.54) is 5.56 Å². The third-order valence-corrected chi connectivity index (χ3v) is 9.81. The molecule has 2 atom stereocenters. The van der Waals surface area contributed by atoms with Crippen LogP contribution in [0.25, 0.3) is 24.3 Å². The fourth-order valence-electron chi connectivity index (χ4n) is 5.56. The standard InChI is InChI=1S/C46H56NO8P/c1-47(2,3)34-35-53-56(50,51)54-37-44(55-46(49)21-13-11-19-41-26-32-43(33-27-41)29-23-39-16-8-5-9-17-39)36-52-45(48)20-12-10-18-40-24-30-42(31-25-40)28-22-38-14-6-4-7-15-38/h4-9,14-17,22-33,44H,10-13,18-21,34-37H2,1-3H3/b28-22+,29-23+/t44-/m1/s1. The van der Waals surface area contributed by atoms with E-state index in [1.54, 1.807) is 0 Å². The lowest BCUT2D eigenvalue weighted by Gasteiger charge is -2.28. The van der Waals surface area contributed by atoms with Crippen LogP contribution in [0.15, 0.2) is 109 Å². The minimum atomic E-state index is -4.68. The summed E-state index contributed by atoms with van der Waals surface area (Å²) in [5.74, 6) is -0.983. The lowest BCUT2D eigenvalue weighted by atomic mass is 10.0. The number of hydrogen-bond acceptors (Lipinski definition) is 8. The van der Waals surface area contributed by atoms with E-state index in [1.807, 2.05) is 57.5 Å². The predicted octanol–water partition coefficient (Wildman–Crippen LogP) is 8.82. The SMILES string of the molecule is C[N+](C)(C)CCOP(=O)([O-])OC[C@@H](COC(=O)CCCCc1ccc(/C=C/c2ccccc2)cc1)OC(=O)CCCCc1ccc(/C=C/c2ccccc2)cc1. The van der Waals surface area contributed by atoms with Crippen molar-refractivity contribution < 1.29 is 42.1 Å². The Morgan fingerprint density at radius 1 is 0.607 bits per heavy atom. The van der Waals surface area contributed by atoms with Crippen molar-refractivity contribution in [3.63, 3.8) is 0 Å². The maximum atomic E-state index is 12.8. The molecule has 1 unspecified atom stereocenters.